The van der Waals surface area contributed by atoms with Crippen LogP contribution >= 0.6 is 15.9 Å². The van der Waals surface area contributed by atoms with Crippen LogP contribution in [0.25, 0.3) is 0 Å². The van der Waals surface area contributed by atoms with Gasteiger partial charge in [0.05, 0.1) is 6.54 Å². The van der Waals surface area contributed by atoms with Crippen LogP contribution in [0.1, 0.15) is 13.3 Å². The van der Waals surface area contributed by atoms with Crippen LogP contribution in [0.2, 0.25) is 0 Å². The molecule has 0 saturated heterocycles. The number of aliphatic hydroxyl groups is 1. The van der Waals surface area contributed by atoms with E-state index in [0.717, 1.165) is 10.2 Å². The topological polar surface area (TPSA) is 61.4 Å². The molecule has 0 radical (unpaired) electrons. The first-order chi connectivity index (χ1) is 8.11. The molecule has 1 atom stereocenters. The molecule has 0 spiro atoms. The number of rotatable bonds is 6. The SMILES string of the molecule is CC(CCO)NCC(=O)Nc1ccc(Br)cc1. The molecule has 1 aromatic rings. The lowest BCUT2D eigenvalue weighted by atomic mass is 10.2. The van der Waals surface area contributed by atoms with Crippen LogP contribution in [0.5, 0.6) is 0 Å². The highest BCUT2D eigenvalue weighted by Gasteiger charge is 2.05. The summed E-state index contributed by atoms with van der Waals surface area (Å²) < 4.78 is 0.977. The summed E-state index contributed by atoms with van der Waals surface area (Å²) in [5, 5.41) is 14.5. The average Bonchev–Trinajstić information content (AvgIpc) is 2.30. The van der Waals surface area contributed by atoms with Crippen molar-refractivity contribution in [2.75, 3.05) is 18.5 Å². The van der Waals surface area contributed by atoms with Crippen LogP contribution in [0.4, 0.5) is 5.69 Å². The van der Waals surface area contributed by atoms with Crippen molar-refractivity contribution in [2.24, 2.45) is 0 Å². The number of carbonyl (C=O) groups is 1. The summed E-state index contributed by atoms with van der Waals surface area (Å²) in [4.78, 5) is 11.6. The maximum atomic E-state index is 11.6. The van der Waals surface area contributed by atoms with Crippen molar-refractivity contribution in [2.45, 2.75) is 19.4 Å². The fraction of sp³-hybridized carbons (Fsp3) is 0.417. The third-order valence-electron chi connectivity index (χ3n) is 2.30. The number of carbonyl (C=O) groups excluding carboxylic acids is 1. The molecule has 17 heavy (non-hydrogen) atoms. The predicted octanol–water partition coefficient (Wildman–Crippen LogP) is 1.75. The van der Waals surface area contributed by atoms with E-state index in [4.69, 9.17) is 5.11 Å². The summed E-state index contributed by atoms with van der Waals surface area (Å²) in [5.41, 5.74) is 0.773. The van der Waals surface area contributed by atoms with E-state index in [0.29, 0.717) is 6.42 Å². The number of benzene rings is 1. The number of hydrogen-bond donors (Lipinski definition) is 3. The minimum Gasteiger partial charge on any atom is -0.396 e. The molecule has 1 unspecified atom stereocenters. The first-order valence-electron chi connectivity index (χ1n) is 5.51. The lowest BCUT2D eigenvalue weighted by molar-refractivity contribution is -0.115. The molecule has 0 bridgehead atoms. The zero-order valence-electron chi connectivity index (χ0n) is 9.74. The first-order valence-corrected chi connectivity index (χ1v) is 6.31. The van der Waals surface area contributed by atoms with Crippen LogP contribution in [-0.2, 0) is 4.79 Å². The fourth-order valence-corrected chi connectivity index (χ4v) is 1.57. The molecule has 1 amide bonds. The predicted molar refractivity (Wildman–Crippen MR) is 71.9 cm³/mol. The Hall–Kier alpha value is -0.910. The van der Waals surface area contributed by atoms with Gasteiger partial charge >= 0.3 is 0 Å². The Kier molecular flexibility index (Phi) is 6.18. The molecule has 0 aromatic heterocycles. The quantitative estimate of drug-likeness (QED) is 0.750. The highest BCUT2D eigenvalue weighted by molar-refractivity contribution is 9.10. The second-order valence-corrected chi connectivity index (χ2v) is 4.76. The number of hydrogen-bond acceptors (Lipinski definition) is 3. The molecule has 0 heterocycles. The van der Waals surface area contributed by atoms with E-state index < -0.39 is 0 Å². The third-order valence-corrected chi connectivity index (χ3v) is 2.83. The van der Waals surface area contributed by atoms with Gasteiger partial charge in [-0.05, 0) is 37.6 Å². The van der Waals surface area contributed by atoms with Crippen molar-refractivity contribution in [1.82, 2.24) is 5.32 Å². The second kappa shape index (κ2) is 7.42. The van der Waals surface area contributed by atoms with Gasteiger partial charge in [0.25, 0.3) is 0 Å². The molecule has 0 saturated carbocycles. The number of amides is 1. The van der Waals surface area contributed by atoms with E-state index >= 15 is 0 Å². The Morgan fingerprint density at radius 3 is 2.65 bits per heavy atom. The summed E-state index contributed by atoms with van der Waals surface area (Å²) in [6, 6.07) is 7.54. The molecule has 1 aromatic carbocycles. The van der Waals surface area contributed by atoms with Gasteiger partial charge < -0.3 is 15.7 Å². The molecule has 4 nitrogen and oxygen atoms in total. The number of halogens is 1. The van der Waals surface area contributed by atoms with E-state index in [-0.39, 0.29) is 25.1 Å². The summed E-state index contributed by atoms with van der Waals surface area (Å²) in [6.07, 6.45) is 0.644. The Labute approximate surface area is 110 Å². The van der Waals surface area contributed by atoms with Gasteiger partial charge in [-0.25, -0.2) is 0 Å². The van der Waals surface area contributed by atoms with Gasteiger partial charge in [-0.15, -0.1) is 0 Å². The Balaban J connectivity index is 2.32. The number of nitrogens with one attached hydrogen (secondary N) is 2. The molecule has 0 aliphatic carbocycles. The second-order valence-electron chi connectivity index (χ2n) is 3.85. The average molecular weight is 301 g/mol. The minimum absolute atomic E-state index is 0.0860. The molecular formula is C12H17BrN2O2. The van der Waals surface area contributed by atoms with E-state index in [1.54, 1.807) is 0 Å². The summed E-state index contributed by atoms with van der Waals surface area (Å²) >= 11 is 3.33. The van der Waals surface area contributed by atoms with Crippen LogP contribution in [-0.4, -0.2) is 30.2 Å². The van der Waals surface area contributed by atoms with Crippen molar-refractivity contribution >= 4 is 27.5 Å². The lowest BCUT2D eigenvalue weighted by Gasteiger charge is -2.12. The largest absolute Gasteiger partial charge is 0.396 e. The van der Waals surface area contributed by atoms with Gasteiger partial charge in [-0.3, -0.25) is 4.79 Å². The van der Waals surface area contributed by atoms with Crippen LogP contribution in [0.3, 0.4) is 0 Å². The summed E-state index contributed by atoms with van der Waals surface area (Å²) in [6.45, 7) is 2.31. The van der Waals surface area contributed by atoms with Crippen molar-refractivity contribution in [3.8, 4) is 0 Å². The number of aliphatic hydroxyl groups excluding tert-OH is 1. The standard InChI is InChI=1S/C12H17BrN2O2/c1-9(6-7-16)14-8-12(17)15-11-4-2-10(13)3-5-11/h2-5,9,14,16H,6-8H2,1H3,(H,15,17). The van der Waals surface area contributed by atoms with Crippen LogP contribution in [0, 0.1) is 0 Å². The minimum atomic E-state index is -0.0860. The number of anilines is 1. The molecule has 1 rings (SSSR count). The Morgan fingerprint density at radius 2 is 2.06 bits per heavy atom. The van der Waals surface area contributed by atoms with Crippen LogP contribution < -0.4 is 10.6 Å². The monoisotopic (exact) mass is 300 g/mol. The fourth-order valence-electron chi connectivity index (χ4n) is 1.30. The highest BCUT2D eigenvalue weighted by Crippen LogP contribution is 2.13. The molecular weight excluding hydrogens is 284 g/mol. The first kappa shape index (κ1) is 14.2. The van der Waals surface area contributed by atoms with Crippen LogP contribution in [0.15, 0.2) is 28.7 Å². The molecule has 0 aliphatic rings. The lowest BCUT2D eigenvalue weighted by Crippen LogP contribution is -2.34. The van der Waals surface area contributed by atoms with Crippen molar-refractivity contribution in [1.29, 1.82) is 0 Å². The molecule has 3 N–H and O–H groups in total. The smallest absolute Gasteiger partial charge is 0.238 e. The van der Waals surface area contributed by atoms with Gasteiger partial charge in [0, 0.05) is 22.8 Å². The van der Waals surface area contributed by atoms with Gasteiger partial charge in [-0.1, -0.05) is 15.9 Å². The molecule has 0 fully saturated rings. The van der Waals surface area contributed by atoms with E-state index in [2.05, 4.69) is 26.6 Å². The summed E-state index contributed by atoms with van der Waals surface area (Å²) in [7, 11) is 0. The summed E-state index contributed by atoms with van der Waals surface area (Å²) in [5.74, 6) is -0.0860. The normalized spacial score (nSPS) is 12.2. The van der Waals surface area contributed by atoms with Gasteiger partial charge in [0.1, 0.15) is 0 Å². The van der Waals surface area contributed by atoms with E-state index in [9.17, 15) is 4.79 Å². The van der Waals surface area contributed by atoms with E-state index in [1.165, 1.54) is 0 Å². The van der Waals surface area contributed by atoms with Gasteiger partial charge in [0.15, 0.2) is 0 Å². The van der Waals surface area contributed by atoms with Gasteiger partial charge in [0.2, 0.25) is 5.91 Å². The van der Waals surface area contributed by atoms with E-state index in [1.807, 2.05) is 31.2 Å². The Morgan fingerprint density at radius 1 is 1.41 bits per heavy atom. The highest BCUT2D eigenvalue weighted by atomic mass is 79.9. The zero-order chi connectivity index (χ0) is 12.7. The maximum absolute atomic E-state index is 11.6. The zero-order valence-corrected chi connectivity index (χ0v) is 11.3. The van der Waals surface area contributed by atoms with Crippen molar-refractivity contribution in [3.05, 3.63) is 28.7 Å². The molecule has 0 aliphatic heterocycles. The third kappa shape index (κ3) is 5.81. The molecule has 94 valence electrons. The molecule has 5 heteroatoms. The maximum Gasteiger partial charge on any atom is 0.238 e. The van der Waals surface area contributed by atoms with Crippen molar-refractivity contribution < 1.29 is 9.90 Å². The van der Waals surface area contributed by atoms with Crippen molar-refractivity contribution in [3.63, 3.8) is 0 Å². The van der Waals surface area contributed by atoms with Gasteiger partial charge in [-0.2, -0.15) is 0 Å². The Bertz CT molecular complexity index is 354.